The number of halogens is 3. The van der Waals surface area contributed by atoms with Crippen molar-refractivity contribution in [1.29, 1.82) is 0 Å². The van der Waals surface area contributed by atoms with Crippen LogP contribution in [-0.4, -0.2) is 27.8 Å². The van der Waals surface area contributed by atoms with Crippen LogP contribution < -0.4 is 21.7 Å². The van der Waals surface area contributed by atoms with Crippen molar-refractivity contribution in [3.05, 3.63) is 36.0 Å². The molecule has 0 radical (unpaired) electrons. The first-order valence-electron chi connectivity index (χ1n) is 9.77. The van der Waals surface area contributed by atoms with Crippen molar-refractivity contribution in [3.8, 4) is 0 Å². The molecule has 0 aliphatic heterocycles. The number of amides is 2. The monoisotopic (exact) mass is 436 g/mol. The van der Waals surface area contributed by atoms with Gasteiger partial charge in [-0.2, -0.15) is 18.2 Å². The summed E-state index contributed by atoms with van der Waals surface area (Å²) in [6.45, 7) is 1.30. The summed E-state index contributed by atoms with van der Waals surface area (Å²) in [7, 11) is 0. The van der Waals surface area contributed by atoms with Gasteiger partial charge in [0.2, 0.25) is 17.8 Å². The molecule has 1 aromatic carbocycles. The predicted molar refractivity (Wildman–Crippen MR) is 110 cm³/mol. The Kier molecular flexibility index (Phi) is 6.62. The van der Waals surface area contributed by atoms with E-state index >= 15 is 0 Å². The Hall–Kier alpha value is -3.37. The Morgan fingerprint density at radius 2 is 1.87 bits per heavy atom. The third-order valence-corrected chi connectivity index (χ3v) is 4.99. The van der Waals surface area contributed by atoms with Crippen molar-refractivity contribution < 1.29 is 22.8 Å². The van der Waals surface area contributed by atoms with Crippen LogP contribution in [0.2, 0.25) is 0 Å². The van der Waals surface area contributed by atoms with E-state index in [2.05, 4.69) is 25.9 Å². The second-order valence-electron chi connectivity index (χ2n) is 7.41. The minimum Gasteiger partial charge on any atom is -0.369 e. The Morgan fingerprint density at radius 1 is 1.16 bits per heavy atom. The summed E-state index contributed by atoms with van der Waals surface area (Å²) < 4.78 is 40.6. The van der Waals surface area contributed by atoms with E-state index in [1.165, 1.54) is 13.0 Å². The standard InChI is InChI=1S/C20H23F3N6O2/c1-11(30)26-15-7-2-3-8-16(15)28-18-14(20(21,22)23)10-25-19(29-18)27-13-6-4-5-12(9-13)17(24)31/h2-3,7-8,10,12-13H,4-6,9H2,1H3,(H2,24,31)(H,26,30)(H2,25,27,28,29)/t12-,13+/m0/s1. The van der Waals surface area contributed by atoms with Crippen LogP contribution in [0.5, 0.6) is 0 Å². The maximum Gasteiger partial charge on any atom is 0.421 e. The molecule has 1 saturated carbocycles. The van der Waals surface area contributed by atoms with Gasteiger partial charge in [-0.15, -0.1) is 0 Å². The van der Waals surface area contributed by atoms with Crippen LogP contribution >= 0.6 is 0 Å². The average molecular weight is 436 g/mol. The highest BCUT2D eigenvalue weighted by molar-refractivity contribution is 5.93. The first-order valence-corrected chi connectivity index (χ1v) is 9.77. The molecule has 2 aromatic rings. The third-order valence-electron chi connectivity index (χ3n) is 4.99. The quantitative estimate of drug-likeness (QED) is 0.548. The molecule has 0 bridgehead atoms. The van der Waals surface area contributed by atoms with Crippen LogP contribution in [-0.2, 0) is 15.8 Å². The average Bonchev–Trinajstić information content (AvgIpc) is 2.68. The topological polar surface area (TPSA) is 122 Å². The van der Waals surface area contributed by atoms with Crippen molar-refractivity contribution in [3.63, 3.8) is 0 Å². The second-order valence-corrected chi connectivity index (χ2v) is 7.41. The minimum absolute atomic E-state index is 0.00243. The second kappa shape index (κ2) is 9.19. The van der Waals surface area contributed by atoms with Gasteiger partial charge < -0.3 is 21.7 Å². The first kappa shape index (κ1) is 22.3. The number of carbonyl (C=O) groups excluding carboxylic acids is 2. The summed E-state index contributed by atoms with van der Waals surface area (Å²) in [4.78, 5) is 30.7. The number of para-hydroxylation sites is 2. The number of carbonyl (C=O) groups is 2. The fraction of sp³-hybridized carbons (Fsp3) is 0.400. The predicted octanol–water partition coefficient (Wildman–Crippen LogP) is 3.65. The molecule has 2 atom stereocenters. The number of alkyl halides is 3. The molecule has 0 unspecified atom stereocenters. The van der Waals surface area contributed by atoms with Crippen LogP contribution in [0.4, 0.5) is 36.3 Å². The van der Waals surface area contributed by atoms with E-state index in [1.54, 1.807) is 18.2 Å². The molecular weight excluding hydrogens is 413 g/mol. The Balaban J connectivity index is 1.88. The SMILES string of the molecule is CC(=O)Nc1ccccc1Nc1nc(N[C@@H]2CCC[C@H](C(N)=O)C2)ncc1C(F)(F)F. The van der Waals surface area contributed by atoms with Crippen LogP contribution in [0, 0.1) is 5.92 Å². The van der Waals surface area contributed by atoms with Crippen molar-refractivity contribution in [2.45, 2.75) is 44.8 Å². The van der Waals surface area contributed by atoms with Gasteiger partial charge in [-0.3, -0.25) is 9.59 Å². The molecule has 1 aliphatic rings. The Labute approximate surface area is 176 Å². The van der Waals surface area contributed by atoms with E-state index < -0.39 is 23.5 Å². The fourth-order valence-corrected chi connectivity index (χ4v) is 3.53. The number of nitrogens with two attached hydrogens (primary N) is 1. The van der Waals surface area contributed by atoms with Crippen molar-refractivity contribution in [1.82, 2.24) is 9.97 Å². The number of hydrogen-bond donors (Lipinski definition) is 4. The first-order chi connectivity index (χ1) is 14.6. The molecule has 1 fully saturated rings. The van der Waals surface area contributed by atoms with Crippen LogP contribution in [0.25, 0.3) is 0 Å². The molecule has 3 rings (SSSR count). The molecular formula is C20H23F3N6O2. The zero-order valence-electron chi connectivity index (χ0n) is 16.8. The van der Waals surface area contributed by atoms with Gasteiger partial charge >= 0.3 is 6.18 Å². The Morgan fingerprint density at radius 3 is 2.52 bits per heavy atom. The molecule has 11 heteroatoms. The van der Waals surface area contributed by atoms with Crippen LogP contribution in [0.15, 0.2) is 30.5 Å². The zero-order valence-corrected chi connectivity index (χ0v) is 16.8. The van der Waals surface area contributed by atoms with Gasteiger partial charge in [-0.1, -0.05) is 18.6 Å². The lowest BCUT2D eigenvalue weighted by molar-refractivity contribution is -0.137. The summed E-state index contributed by atoms with van der Waals surface area (Å²) in [5, 5.41) is 8.23. The van der Waals surface area contributed by atoms with Gasteiger partial charge in [-0.05, 0) is 31.4 Å². The van der Waals surface area contributed by atoms with E-state index in [0.717, 1.165) is 12.8 Å². The fourth-order valence-electron chi connectivity index (χ4n) is 3.53. The normalized spacial score (nSPS) is 18.8. The lowest BCUT2D eigenvalue weighted by atomic mass is 9.85. The lowest BCUT2D eigenvalue weighted by Crippen LogP contribution is -2.34. The summed E-state index contributed by atoms with van der Waals surface area (Å²) in [5.74, 6) is -1.50. The summed E-state index contributed by atoms with van der Waals surface area (Å²) in [6, 6.07) is 6.17. The number of nitrogens with zero attached hydrogens (tertiary/aromatic N) is 2. The van der Waals surface area contributed by atoms with Crippen molar-refractivity contribution in [2.75, 3.05) is 16.0 Å². The molecule has 166 valence electrons. The van der Waals surface area contributed by atoms with E-state index in [1.807, 2.05) is 0 Å². The van der Waals surface area contributed by atoms with Gasteiger partial charge in [0.1, 0.15) is 11.4 Å². The van der Waals surface area contributed by atoms with Crippen molar-refractivity contribution >= 4 is 35.0 Å². The molecule has 31 heavy (non-hydrogen) atoms. The van der Waals surface area contributed by atoms with Gasteiger partial charge in [0, 0.05) is 25.1 Å². The molecule has 0 saturated heterocycles. The molecule has 1 heterocycles. The van der Waals surface area contributed by atoms with Gasteiger partial charge in [0.15, 0.2) is 0 Å². The smallest absolute Gasteiger partial charge is 0.369 e. The number of benzene rings is 1. The summed E-state index contributed by atoms with van der Waals surface area (Å²) >= 11 is 0. The molecule has 0 spiro atoms. The number of primary amides is 1. The van der Waals surface area contributed by atoms with Gasteiger partial charge in [-0.25, -0.2) is 4.98 Å². The Bertz CT molecular complexity index is 966. The maximum absolute atomic E-state index is 13.5. The van der Waals surface area contributed by atoms with Gasteiger partial charge in [0.25, 0.3) is 0 Å². The van der Waals surface area contributed by atoms with Crippen LogP contribution in [0.1, 0.15) is 38.2 Å². The van der Waals surface area contributed by atoms with E-state index in [9.17, 15) is 22.8 Å². The van der Waals surface area contributed by atoms with Crippen molar-refractivity contribution in [2.24, 2.45) is 11.7 Å². The molecule has 8 nitrogen and oxygen atoms in total. The van der Waals surface area contributed by atoms with E-state index in [0.29, 0.717) is 24.7 Å². The highest BCUT2D eigenvalue weighted by Gasteiger charge is 2.36. The minimum atomic E-state index is -4.69. The maximum atomic E-state index is 13.5. The van der Waals surface area contributed by atoms with E-state index in [4.69, 9.17) is 5.73 Å². The highest BCUT2D eigenvalue weighted by Crippen LogP contribution is 2.36. The van der Waals surface area contributed by atoms with E-state index in [-0.39, 0.29) is 29.5 Å². The summed E-state index contributed by atoms with van der Waals surface area (Å²) in [5.41, 5.74) is 4.90. The zero-order chi connectivity index (χ0) is 22.6. The number of anilines is 4. The summed E-state index contributed by atoms with van der Waals surface area (Å²) in [6.07, 6.45) is -1.34. The number of hydrogen-bond acceptors (Lipinski definition) is 6. The van der Waals surface area contributed by atoms with Gasteiger partial charge in [0.05, 0.1) is 11.4 Å². The van der Waals surface area contributed by atoms with Crippen LogP contribution in [0.3, 0.4) is 0 Å². The molecule has 2 amide bonds. The third kappa shape index (κ3) is 5.83. The lowest BCUT2D eigenvalue weighted by Gasteiger charge is -2.28. The molecule has 1 aromatic heterocycles. The number of aromatic nitrogens is 2. The number of nitrogens with one attached hydrogen (secondary N) is 3. The molecule has 1 aliphatic carbocycles. The largest absolute Gasteiger partial charge is 0.421 e. The molecule has 5 N–H and O–H groups in total. The highest BCUT2D eigenvalue weighted by atomic mass is 19.4. The number of rotatable bonds is 6.